The van der Waals surface area contributed by atoms with Gasteiger partial charge >= 0.3 is 0 Å². The topological polar surface area (TPSA) is 89.1 Å². The van der Waals surface area contributed by atoms with Crippen LogP contribution < -0.4 is 15.4 Å². The Balaban J connectivity index is 1.20. The van der Waals surface area contributed by atoms with Gasteiger partial charge in [-0.25, -0.2) is 0 Å². The maximum atomic E-state index is 12.5. The van der Waals surface area contributed by atoms with Gasteiger partial charge in [0.05, 0.1) is 25.9 Å². The lowest BCUT2D eigenvalue weighted by molar-refractivity contribution is -0.114. The predicted octanol–water partition coefficient (Wildman–Crippen LogP) is 2.77. The van der Waals surface area contributed by atoms with Gasteiger partial charge in [0.15, 0.2) is 0 Å². The minimum atomic E-state index is -0.161. The molecule has 0 spiro atoms. The van der Waals surface area contributed by atoms with E-state index in [-0.39, 0.29) is 24.5 Å². The largest absolute Gasteiger partial charge is 0.491 e. The Kier molecular flexibility index (Phi) is 7.58. The molecule has 2 fully saturated rings. The van der Waals surface area contributed by atoms with Gasteiger partial charge in [-0.3, -0.25) is 9.59 Å². The normalized spacial score (nSPS) is 18.2. The second kappa shape index (κ2) is 11.0. The Labute approximate surface area is 187 Å². The second-order valence-corrected chi connectivity index (χ2v) is 7.85. The zero-order valence-corrected chi connectivity index (χ0v) is 18.0. The monoisotopic (exact) mass is 439 g/mol. The number of morpholine rings is 1. The van der Waals surface area contributed by atoms with Crippen molar-refractivity contribution in [2.24, 2.45) is 0 Å². The summed E-state index contributed by atoms with van der Waals surface area (Å²) in [6.07, 6.45) is 2.30. The first-order valence-corrected chi connectivity index (χ1v) is 11.0. The van der Waals surface area contributed by atoms with Gasteiger partial charge in [-0.1, -0.05) is 0 Å². The van der Waals surface area contributed by atoms with Crippen molar-refractivity contribution < 1.29 is 23.8 Å². The number of carbonyl (C=O) groups excluding carboxylic acids is 2. The summed E-state index contributed by atoms with van der Waals surface area (Å²) < 4.78 is 16.6. The summed E-state index contributed by atoms with van der Waals surface area (Å²) in [5.74, 6) is 0.593. The fourth-order valence-electron chi connectivity index (χ4n) is 3.67. The number of hydrogen-bond acceptors (Lipinski definition) is 6. The highest BCUT2D eigenvalue weighted by atomic mass is 16.5. The summed E-state index contributed by atoms with van der Waals surface area (Å²) in [6, 6.07) is 14.5. The number of rotatable bonds is 8. The quantitative estimate of drug-likeness (QED) is 0.658. The van der Waals surface area contributed by atoms with Crippen LogP contribution in [0.25, 0.3) is 0 Å². The van der Waals surface area contributed by atoms with Crippen LogP contribution >= 0.6 is 0 Å². The van der Waals surface area contributed by atoms with Crippen LogP contribution in [0.3, 0.4) is 0 Å². The molecule has 0 aromatic heterocycles. The number of nitrogens with one attached hydrogen (secondary N) is 2. The van der Waals surface area contributed by atoms with E-state index in [0.717, 1.165) is 30.9 Å². The Bertz CT molecular complexity index is 889. The van der Waals surface area contributed by atoms with Crippen LogP contribution in [0.5, 0.6) is 5.75 Å². The van der Waals surface area contributed by atoms with Gasteiger partial charge in [0.1, 0.15) is 12.4 Å². The highest BCUT2D eigenvalue weighted by Gasteiger charge is 2.18. The third-order valence-corrected chi connectivity index (χ3v) is 5.48. The van der Waals surface area contributed by atoms with Crippen molar-refractivity contribution in [2.75, 3.05) is 56.7 Å². The molecule has 0 radical (unpaired) electrons. The standard InChI is InChI=1S/C24H29N3O5/c28-23(26-20-7-9-21(10-8-20)32-17-22-2-1-13-31-22)16-25-19-5-3-18(4-6-19)24(29)27-11-14-30-15-12-27/h3-10,22,25H,1-2,11-17H2,(H,26,28). The first-order valence-electron chi connectivity index (χ1n) is 11.0. The first kappa shape index (κ1) is 22.1. The average molecular weight is 440 g/mol. The molecule has 170 valence electrons. The second-order valence-electron chi connectivity index (χ2n) is 7.85. The molecule has 1 atom stereocenters. The van der Waals surface area contributed by atoms with E-state index < -0.39 is 0 Å². The van der Waals surface area contributed by atoms with E-state index in [9.17, 15) is 9.59 Å². The van der Waals surface area contributed by atoms with Crippen LogP contribution in [0.15, 0.2) is 48.5 Å². The fraction of sp³-hybridized carbons (Fsp3) is 0.417. The minimum absolute atomic E-state index is 0.000729. The zero-order valence-electron chi connectivity index (χ0n) is 18.0. The van der Waals surface area contributed by atoms with Crippen molar-refractivity contribution in [3.05, 3.63) is 54.1 Å². The molecule has 2 aliphatic heterocycles. The lowest BCUT2D eigenvalue weighted by Gasteiger charge is -2.26. The molecule has 32 heavy (non-hydrogen) atoms. The van der Waals surface area contributed by atoms with Gasteiger partial charge in [-0.2, -0.15) is 0 Å². The van der Waals surface area contributed by atoms with Crippen LogP contribution in [0.2, 0.25) is 0 Å². The summed E-state index contributed by atoms with van der Waals surface area (Å²) in [7, 11) is 0. The fourth-order valence-corrected chi connectivity index (χ4v) is 3.67. The molecule has 2 amide bonds. The summed E-state index contributed by atoms with van der Waals surface area (Å²) in [4.78, 5) is 26.5. The van der Waals surface area contributed by atoms with E-state index >= 15 is 0 Å². The van der Waals surface area contributed by atoms with Crippen molar-refractivity contribution in [2.45, 2.75) is 18.9 Å². The molecule has 2 aromatic carbocycles. The maximum absolute atomic E-state index is 12.5. The molecule has 2 saturated heterocycles. The SMILES string of the molecule is O=C(CNc1ccc(C(=O)N2CCOCC2)cc1)Nc1ccc(OCC2CCCO2)cc1. The van der Waals surface area contributed by atoms with Crippen LogP contribution in [0.4, 0.5) is 11.4 Å². The number of carbonyl (C=O) groups is 2. The van der Waals surface area contributed by atoms with Gasteiger partial charge in [-0.15, -0.1) is 0 Å². The number of ether oxygens (including phenoxy) is 3. The van der Waals surface area contributed by atoms with Crippen LogP contribution in [0.1, 0.15) is 23.2 Å². The summed E-state index contributed by atoms with van der Waals surface area (Å²) >= 11 is 0. The highest BCUT2D eigenvalue weighted by molar-refractivity contribution is 5.95. The third-order valence-electron chi connectivity index (χ3n) is 5.48. The smallest absolute Gasteiger partial charge is 0.254 e. The molecule has 2 N–H and O–H groups in total. The number of amides is 2. The Hall–Kier alpha value is -3.10. The zero-order chi connectivity index (χ0) is 22.2. The molecule has 0 bridgehead atoms. The summed E-state index contributed by atoms with van der Waals surface area (Å²) in [6.45, 7) is 3.85. The third kappa shape index (κ3) is 6.21. The molecular formula is C24H29N3O5. The van der Waals surface area contributed by atoms with Gasteiger partial charge in [0.25, 0.3) is 5.91 Å². The van der Waals surface area contributed by atoms with Crippen molar-refractivity contribution >= 4 is 23.2 Å². The molecule has 2 heterocycles. The van der Waals surface area contributed by atoms with Gasteiger partial charge in [0.2, 0.25) is 5.91 Å². The Morgan fingerprint density at radius 1 is 0.969 bits per heavy atom. The Morgan fingerprint density at radius 3 is 2.38 bits per heavy atom. The number of hydrogen-bond donors (Lipinski definition) is 2. The van der Waals surface area contributed by atoms with E-state index in [2.05, 4.69) is 10.6 Å². The predicted molar refractivity (Wildman–Crippen MR) is 121 cm³/mol. The Morgan fingerprint density at radius 2 is 1.69 bits per heavy atom. The molecule has 2 aromatic rings. The number of benzene rings is 2. The minimum Gasteiger partial charge on any atom is -0.491 e. The van der Waals surface area contributed by atoms with Crippen LogP contribution in [-0.2, 0) is 14.3 Å². The molecule has 8 heteroatoms. The van der Waals surface area contributed by atoms with E-state index in [1.807, 2.05) is 24.3 Å². The molecule has 1 unspecified atom stereocenters. The van der Waals surface area contributed by atoms with E-state index in [1.165, 1.54) is 0 Å². The molecule has 0 saturated carbocycles. The van der Waals surface area contributed by atoms with Crippen LogP contribution in [0, 0.1) is 0 Å². The number of nitrogens with zero attached hydrogens (tertiary/aromatic N) is 1. The van der Waals surface area contributed by atoms with Crippen molar-refractivity contribution in [1.82, 2.24) is 4.90 Å². The van der Waals surface area contributed by atoms with Crippen LogP contribution in [-0.4, -0.2) is 68.9 Å². The van der Waals surface area contributed by atoms with Crippen molar-refractivity contribution in [1.29, 1.82) is 0 Å². The van der Waals surface area contributed by atoms with Gasteiger partial charge in [-0.05, 0) is 61.4 Å². The van der Waals surface area contributed by atoms with Crippen molar-refractivity contribution in [3.8, 4) is 5.75 Å². The molecule has 0 aliphatic carbocycles. The maximum Gasteiger partial charge on any atom is 0.254 e. The first-order chi connectivity index (χ1) is 15.7. The molecule has 4 rings (SSSR count). The van der Waals surface area contributed by atoms with Gasteiger partial charge < -0.3 is 29.7 Å². The lowest BCUT2D eigenvalue weighted by Crippen LogP contribution is -2.40. The number of anilines is 2. The summed E-state index contributed by atoms with van der Waals surface area (Å²) in [5.41, 5.74) is 2.10. The van der Waals surface area contributed by atoms with Gasteiger partial charge in [0, 0.05) is 36.6 Å². The molecule has 2 aliphatic rings. The molecule has 8 nitrogen and oxygen atoms in total. The van der Waals surface area contributed by atoms with Crippen molar-refractivity contribution in [3.63, 3.8) is 0 Å². The lowest BCUT2D eigenvalue weighted by atomic mass is 10.1. The van der Waals surface area contributed by atoms with E-state index in [1.54, 1.807) is 29.2 Å². The molecular weight excluding hydrogens is 410 g/mol. The average Bonchev–Trinajstić information content (AvgIpc) is 3.37. The van der Waals surface area contributed by atoms with E-state index in [4.69, 9.17) is 14.2 Å². The van der Waals surface area contributed by atoms with E-state index in [0.29, 0.717) is 44.2 Å². The highest BCUT2D eigenvalue weighted by Crippen LogP contribution is 2.19. The summed E-state index contributed by atoms with van der Waals surface area (Å²) in [5, 5.41) is 5.93.